The van der Waals surface area contributed by atoms with Gasteiger partial charge in [-0.25, -0.2) is 9.82 Å². The Morgan fingerprint density at radius 1 is 1.27 bits per heavy atom. The van der Waals surface area contributed by atoms with Crippen LogP contribution in [0.2, 0.25) is 0 Å². The molecule has 2 atom stereocenters. The van der Waals surface area contributed by atoms with Crippen molar-refractivity contribution in [2.75, 3.05) is 20.1 Å². The number of halogens is 1. The van der Waals surface area contributed by atoms with E-state index in [1.807, 2.05) is 23.5 Å². The van der Waals surface area contributed by atoms with Crippen LogP contribution in [0.25, 0.3) is 0 Å². The van der Waals surface area contributed by atoms with Crippen molar-refractivity contribution < 1.29 is 4.39 Å². The van der Waals surface area contributed by atoms with Crippen molar-refractivity contribution in [2.45, 2.75) is 19.5 Å². The highest BCUT2D eigenvalue weighted by Crippen LogP contribution is 2.26. The van der Waals surface area contributed by atoms with Gasteiger partial charge in [-0.3, -0.25) is 5.43 Å². The van der Waals surface area contributed by atoms with E-state index in [1.165, 1.54) is 22.6 Å². The highest BCUT2D eigenvalue weighted by Gasteiger charge is 2.29. The van der Waals surface area contributed by atoms with Crippen molar-refractivity contribution in [1.82, 2.24) is 15.8 Å². The molecule has 1 fully saturated rings. The first kappa shape index (κ1) is 15.6. The summed E-state index contributed by atoms with van der Waals surface area (Å²) in [5.74, 6) is 0.285. The highest BCUT2D eigenvalue weighted by molar-refractivity contribution is 7.10. The van der Waals surface area contributed by atoms with Crippen LogP contribution in [0.1, 0.15) is 22.0 Å². The highest BCUT2D eigenvalue weighted by atomic mass is 32.1. The number of thiophene rings is 1. The first-order chi connectivity index (χ1) is 10.6. The van der Waals surface area contributed by atoms with Crippen molar-refractivity contribution in [2.24, 2.45) is 5.92 Å². The van der Waals surface area contributed by atoms with Gasteiger partial charge in [0.15, 0.2) is 0 Å². The van der Waals surface area contributed by atoms with Crippen LogP contribution < -0.4 is 10.9 Å². The maximum absolute atomic E-state index is 13.1. The first-order valence-electron chi connectivity index (χ1n) is 7.59. The van der Waals surface area contributed by atoms with Crippen LogP contribution in [0.3, 0.4) is 0 Å². The Morgan fingerprint density at radius 3 is 2.73 bits per heavy atom. The van der Waals surface area contributed by atoms with Gasteiger partial charge in [-0.1, -0.05) is 12.1 Å². The number of rotatable bonds is 5. The lowest BCUT2D eigenvalue weighted by molar-refractivity contribution is 0.264. The van der Waals surface area contributed by atoms with Gasteiger partial charge in [0, 0.05) is 30.4 Å². The minimum absolute atomic E-state index is 0.184. The van der Waals surface area contributed by atoms with E-state index in [1.54, 1.807) is 0 Å². The summed E-state index contributed by atoms with van der Waals surface area (Å²) in [7, 11) is 2.17. The Hall–Kier alpha value is -1.27. The Morgan fingerprint density at radius 2 is 2.05 bits per heavy atom. The third-order valence-electron chi connectivity index (χ3n) is 4.25. The fourth-order valence-electron chi connectivity index (χ4n) is 3.01. The smallest absolute Gasteiger partial charge is 0.123 e. The van der Waals surface area contributed by atoms with Gasteiger partial charge in [0.1, 0.15) is 5.82 Å². The largest absolute Gasteiger partial charge is 0.301 e. The SMILES string of the molecule is Cc1ccsc1CN(C)CC1CNNC1c1ccc(F)cc1. The van der Waals surface area contributed by atoms with Crippen LogP contribution >= 0.6 is 11.3 Å². The third-order valence-corrected chi connectivity index (χ3v) is 5.26. The second-order valence-corrected chi connectivity index (χ2v) is 7.04. The molecule has 2 N–H and O–H groups in total. The van der Waals surface area contributed by atoms with Crippen LogP contribution in [-0.4, -0.2) is 25.0 Å². The van der Waals surface area contributed by atoms with E-state index >= 15 is 0 Å². The molecule has 2 aromatic rings. The molecular weight excluding hydrogens is 297 g/mol. The molecule has 3 nitrogen and oxygen atoms in total. The summed E-state index contributed by atoms with van der Waals surface area (Å²) < 4.78 is 13.1. The van der Waals surface area contributed by atoms with E-state index in [4.69, 9.17) is 0 Å². The minimum Gasteiger partial charge on any atom is -0.301 e. The number of nitrogens with one attached hydrogen (secondary N) is 2. The number of aryl methyl sites for hydroxylation is 1. The normalized spacial score (nSPS) is 21.6. The summed E-state index contributed by atoms with van der Waals surface area (Å²) in [5, 5.41) is 2.15. The molecule has 1 aromatic heterocycles. The van der Waals surface area contributed by atoms with Crippen LogP contribution in [-0.2, 0) is 6.54 Å². The van der Waals surface area contributed by atoms with E-state index in [0.29, 0.717) is 5.92 Å². The first-order valence-corrected chi connectivity index (χ1v) is 8.47. The van der Waals surface area contributed by atoms with Gasteiger partial charge in [-0.2, -0.15) is 0 Å². The zero-order valence-electron chi connectivity index (χ0n) is 13.0. The van der Waals surface area contributed by atoms with Crippen molar-refractivity contribution in [3.8, 4) is 0 Å². The summed E-state index contributed by atoms with van der Waals surface area (Å²) in [6, 6.07) is 9.21. The van der Waals surface area contributed by atoms with Gasteiger partial charge in [0.05, 0.1) is 6.04 Å². The quantitative estimate of drug-likeness (QED) is 0.887. The molecule has 22 heavy (non-hydrogen) atoms. The maximum Gasteiger partial charge on any atom is 0.123 e. The van der Waals surface area contributed by atoms with Crippen molar-refractivity contribution in [3.05, 3.63) is 57.5 Å². The van der Waals surface area contributed by atoms with Crippen molar-refractivity contribution >= 4 is 11.3 Å². The molecule has 1 aromatic carbocycles. The second kappa shape index (κ2) is 6.87. The minimum atomic E-state index is -0.184. The average molecular weight is 319 g/mol. The summed E-state index contributed by atoms with van der Waals surface area (Å²) in [6.45, 7) is 5.07. The fraction of sp³-hybridized carbons (Fsp3) is 0.412. The summed E-state index contributed by atoms with van der Waals surface area (Å²) in [6.07, 6.45) is 0. The standard InChI is InChI=1S/C17H22FN3S/c1-12-7-8-22-16(12)11-21(2)10-14-9-19-20-17(14)13-3-5-15(18)6-4-13/h3-8,14,17,19-20H,9-11H2,1-2H3. The monoisotopic (exact) mass is 319 g/mol. The molecule has 118 valence electrons. The zero-order valence-corrected chi connectivity index (χ0v) is 13.8. The number of hydrogen-bond donors (Lipinski definition) is 2. The van der Waals surface area contributed by atoms with Gasteiger partial charge < -0.3 is 4.90 Å². The molecule has 0 spiro atoms. The molecule has 1 aliphatic heterocycles. The Balaban J connectivity index is 1.63. The lowest BCUT2D eigenvalue weighted by atomic mass is 9.94. The van der Waals surface area contributed by atoms with E-state index in [-0.39, 0.29) is 11.9 Å². The lowest BCUT2D eigenvalue weighted by Crippen LogP contribution is -2.30. The number of hydrogen-bond acceptors (Lipinski definition) is 4. The fourth-order valence-corrected chi connectivity index (χ4v) is 3.99. The predicted octanol–water partition coefficient (Wildman–Crippen LogP) is 3.09. The molecule has 5 heteroatoms. The topological polar surface area (TPSA) is 27.3 Å². The van der Waals surface area contributed by atoms with E-state index < -0.39 is 0 Å². The Bertz CT molecular complexity index is 611. The van der Waals surface area contributed by atoms with E-state index in [2.05, 4.69) is 41.2 Å². The average Bonchev–Trinajstić information content (AvgIpc) is 3.10. The number of benzene rings is 1. The van der Waals surface area contributed by atoms with E-state index in [0.717, 1.165) is 25.2 Å². The molecule has 1 saturated heterocycles. The second-order valence-electron chi connectivity index (χ2n) is 6.04. The maximum atomic E-state index is 13.1. The summed E-state index contributed by atoms with van der Waals surface area (Å²) >= 11 is 1.82. The third kappa shape index (κ3) is 3.55. The zero-order chi connectivity index (χ0) is 15.5. The van der Waals surface area contributed by atoms with Gasteiger partial charge >= 0.3 is 0 Å². The van der Waals surface area contributed by atoms with Gasteiger partial charge in [0.25, 0.3) is 0 Å². The van der Waals surface area contributed by atoms with Gasteiger partial charge in [-0.05, 0) is 48.7 Å². The van der Waals surface area contributed by atoms with Crippen LogP contribution in [0, 0.1) is 18.7 Å². The van der Waals surface area contributed by atoms with Crippen molar-refractivity contribution in [1.29, 1.82) is 0 Å². The molecule has 2 unspecified atom stereocenters. The molecule has 1 aliphatic rings. The molecule has 3 rings (SSSR count). The Kier molecular flexibility index (Phi) is 4.88. The predicted molar refractivity (Wildman–Crippen MR) is 89.2 cm³/mol. The van der Waals surface area contributed by atoms with Crippen LogP contribution in [0.5, 0.6) is 0 Å². The number of hydrazine groups is 1. The molecule has 0 amide bonds. The molecule has 0 bridgehead atoms. The lowest BCUT2D eigenvalue weighted by Gasteiger charge is -2.24. The number of nitrogens with zero attached hydrogens (tertiary/aromatic N) is 1. The van der Waals surface area contributed by atoms with Crippen molar-refractivity contribution in [3.63, 3.8) is 0 Å². The van der Waals surface area contributed by atoms with Gasteiger partial charge in [-0.15, -0.1) is 11.3 Å². The summed E-state index contributed by atoms with van der Waals surface area (Å²) in [5.41, 5.74) is 9.07. The molecule has 0 aliphatic carbocycles. The molecule has 0 radical (unpaired) electrons. The van der Waals surface area contributed by atoms with Gasteiger partial charge in [0.2, 0.25) is 0 Å². The van der Waals surface area contributed by atoms with Crippen LogP contribution in [0.4, 0.5) is 4.39 Å². The molecular formula is C17H22FN3S. The molecule has 2 heterocycles. The van der Waals surface area contributed by atoms with E-state index in [9.17, 15) is 4.39 Å². The Labute approximate surface area is 135 Å². The van der Waals surface area contributed by atoms with Crippen LogP contribution in [0.15, 0.2) is 35.7 Å². The summed E-state index contributed by atoms with van der Waals surface area (Å²) in [4.78, 5) is 3.80. The molecule has 0 saturated carbocycles.